The van der Waals surface area contributed by atoms with Crippen LogP contribution in [0.3, 0.4) is 0 Å². The largest absolute Gasteiger partial charge is 0.398 e. The molecule has 1 aliphatic heterocycles. The number of benzene rings is 1. The van der Waals surface area contributed by atoms with Gasteiger partial charge < -0.3 is 16.5 Å². The molecular weight excluding hydrogens is 212 g/mol. The lowest BCUT2D eigenvalue weighted by Gasteiger charge is -2.17. The fourth-order valence-electron chi connectivity index (χ4n) is 1.43. The molecule has 0 amide bonds. The summed E-state index contributed by atoms with van der Waals surface area (Å²) in [7, 11) is 0. The summed E-state index contributed by atoms with van der Waals surface area (Å²) >= 11 is 5.79. The molecule has 0 spiro atoms. The smallest absolute Gasteiger partial charge is 0.114 e. The van der Waals surface area contributed by atoms with Crippen molar-refractivity contribution in [3.05, 3.63) is 46.7 Å². The summed E-state index contributed by atoms with van der Waals surface area (Å²) in [6.07, 6.45) is 1.52. The molecule has 1 atom stereocenters. The van der Waals surface area contributed by atoms with Gasteiger partial charge in [0, 0.05) is 11.2 Å². The second-order valence-corrected chi connectivity index (χ2v) is 3.93. The van der Waals surface area contributed by atoms with Crippen molar-refractivity contribution in [2.24, 2.45) is 11.5 Å². The lowest BCUT2D eigenvalue weighted by Crippen LogP contribution is -2.42. The van der Waals surface area contributed by atoms with E-state index in [1.54, 1.807) is 6.20 Å². The monoisotopic (exact) mass is 224 g/mol. The van der Waals surface area contributed by atoms with Crippen molar-refractivity contribution in [2.45, 2.75) is 12.7 Å². The summed E-state index contributed by atoms with van der Waals surface area (Å²) in [5.74, 6) is 0. The fourth-order valence-corrected chi connectivity index (χ4v) is 1.55. The molecule has 0 aromatic heterocycles. The van der Waals surface area contributed by atoms with Crippen LogP contribution >= 0.6 is 11.6 Å². The molecule has 0 bridgehead atoms. The number of hydrogen-bond acceptors (Lipinski definition) is 4. The number of hydrazine groups is 1. The van der Waals surface area contributed by atoms with E-state index < -0.39 is 0 Å². The summed E-state index contributed by atoms with van der Waals surface area (Å²) in [5.41, 5.74) is 16.1. The molecule has 1 heterocycles. The van der Waals surface area contributed by atoms with Gasteiger partial charge in [-0.2, -0.15) is 0 Å². The van der Waals surface area contributed by atoms with E-state index in [4.69, 9.17) is 23.1 Å². The highest BCUT2D eigenvalue weighted by atomic mass is 35.5. The van der Waals surface area contributed by atoms with Crippen molar-refractivity contribution in [1.82, 2.24) is 10.4 Å². The van der Waals surface area contributed by atoms with E-state index in [-0.39, 0.29) is 6.17 Å². The quantitative estimate of drug-likeness (QED) is 0.694. The van der Waals surface area contributed by atoms with Crippen LogP contribution in [0, 0.1) is 0 Å². The van der Waals surface area contributed by atoms with Crippen molar-refractivity contribution in [1.29, 1.82) is 0 Å². The molecule has 5 heteroatoms. The molecule has 2 rings (SSSR count). The average Bonchev–Trinajstić information content (AvgIpc) is 2.50. The van der Waals surface area contributed by atoms with Crippen molar-refractivity contribution >= 4 is 11.6 Å². The van der Waals surface area contributed by atoms with Gasteiger partial charge in [0.1, 0.15) is 6.17 Å². The zero-order valence-electron chi connectivity index (χ0n) is 8.15. The third-order valence-corrected chi connectivity index (χ3v) is 2.49. The minimum Gasteiger partial charge on any atom is -0.398 e. The maximum Gasteiger partial charge on any atom is 0.114 e. The topological polar surface area (TPSA) is 67.3 Å². The summed E-state index contributed by atoms with van der Waals surface area (Å²) in [6.45, 7) is 0.714. The Hall–Kier alpha value is -1.23. The number of nitrogens with zero attached hydrogens (tertiary/aromatic N) is 1. The maximum atomic E-state index is 5.79. The van der Waals surface area contributed by atoms with E-state index in [0.717, 1.165) is 10.6 Å². The minimum atomic E-state index is -0.280. The SMILES string of the molecule is NC1=CN(Cc2ccc(Cl)cc2)NC1N. The Morgan fingerprint density at radius 3 is 2.53 bits per heavy atom. The van der Waals surface area contributed by atoms with Crippen LogP contribution in [0.1, 0.15) is 5.56 Å². The molecule has 1 aromatic rings. The van der Waals surface area contributed by atoms with Crippen molar-refractivity contribution in [3.8, 4) is 0 Å². The van der Waals surface area contributed by atoms with Gasteiger partial charge in [0.05, 0.1) is 12.2 Å². The normalized spacial score (nSPS) is 20.5. The predicted octanol–water partition coefficient (Wildman–Crippen LogP) is 0.745. The van der Waals surface area contributed by atoms with Crippen molar-refractivity contribution < 1.29 is 0 Å². The molecule has 1 aromatic carbocycles. The van der Waals surface area contributed by atoms with E-state index in [1.165, 1.54) is 0 Å². The first kappa shape index (κ1) is 10.3. The van der Waals surface area contributed by atoms with Crippen LogP contribution in [0.15, 0.2) is 36.2 Å². The first-order chi connectivity index (χ1) is 7.15. The van der Waals surface area contributed by atoms with Crippen LogP contribution in [0.4, 0.5) is 0 Å². The Balaban J connectivity index is 2.02. The number of hydrogen-bond donors (Lipinski definition) is 3. The second-order valence-electron chi connectivity index (χ2n) is 3.49. The van der Waals surface area contributed by atoms with Gasteiger partial charge in [-0.3, -0.25) is 0 Å². The molecule has 1 unspecified atom stereocenters. The third kappa shape index (κ3) is 2.41. The fraction of sp³-hybridized carbons (Fsp3) is 0.200. The Kier molecular flexibility index (Phi) is 2.81. The van der Waals surface area contributed by atoms with E-state index in [1.807, 2.05) is 29.3 Å². The number of rotatable bonds is 2. The molecule has 1 aliphatic rings. The number of nitrogens with two attached hydrogens (primary N) is 2. The standard InChI is InChI=1S/C10H13ClN4/c11-8-3-1-7(2-4-8)5-15-6-9(12)10(13)14-15/h1-4,6,10,14H,5,12-13H2. The van der Waals surface area contributed by atoms with Gasteiger partial charge in [-0.1, -0.05) is 23.7 Å². The van der Waals surface area contributed by atoms with Crippen molar-refractivity contribution in [2.75, 3.05) is 0 Å². The van der Waals surface area contributed by atoms with Crippen molar-refractivity contribution in [3.63, 3.8) is 0 Å². The Labute approximate surface area is 93.5 Å². The molecule has 4 nitrogen and oxygen atoms in total. The highest BCUT2D eigenvalue weighted by Gasteiger charge is 2.17. The first-order valence-corrected chi connectivity index (χ1v) is 5.03. The minimum absolute atomic E-state index is 0.280. The second kappa shape index (κ2) is 4.10. The lowest BCUT2D eigenvalue weighted by molar-refractivity contribution is 0.267. The predicted molar refractivity (Wildman–Crippen MR) is 60.4 cm³/mol. The van der Waals surface area contributed by atoms with Crippen LogP contribution < -0.4 is 16.9 Å². The third-order valence-electron chi connectivity index (χ3n) is 2.24. The van der Waals surface area contributed by atoms with Crippen LogP contribution in [0.5, 0.6) is 0 Å². The maximum absolute atomic E-state index is 5.79. The van der Waals surface area contributed by atoms with Gasteiger partial charge in [-0.05, 0) is 17.7 Å². The van der Waals surface area contributed by atoms with Gasteiger partial charge in [-0.15, -0.1) is 0 Å². The summed E-state index contributed by atoms with van der Waals surface area (Å²) in [6, 6.07) is 7.66. The molecule has 0 fully saturated rings. The van der Waals surface area contributed by atoms with Gasteiger partial charge in [-0.25, -0.2) is 5.43 Å². The van der Waals surface area contributed by atoms with Gasteiger partial charge in [0.25, 0.3) is 0 Å². The zero-order chi connectivity index (χ0) is 10.8. The van der Waals surface area contributed by atoms with Gasteiger partial charge in [0.15, 0.2) is 0 Å². The summed E-state index contributed by atoms with van der Waals surface area (Å²) in [4.78, 5) is 0. The van der Waals surface area contributed by atoms with Crippen LogP contribution in [-0.4, -0.2) is 11.2 Å². The van der Waals surface area contributed by atoms with E-state index in [2.05, 4.69) is 5.43 Å². The molecule has 15 heavy (non-hydrogen) atoms. The molecule has 0 saturated carbocycles. The molecule has 5 N–H and O–H groups in total. The Morgan fingerprint density at radius 1 is 1.33 bits per heavy atom. The first-order valence-electron chi connectivity index (χ1n) is 4.65. The molecule has 80 valence electrons. The van der Waals surface area contributed by atoms with E-state index in [0.29, 0.717) is 12.2 Å². The Bertz CT molecular complexity index is 374. The van der Waals surface area contributed by atoms with Gasteiger partial charge >= 0.3 is 0 Å². The summed E-state index contributed by atoms with van der Waals surface area (Å²) < 4.78 is 0. The Morgan fingerprint density at radius 2 is 2.00 bits per heavy atom. The lowest BCUT2D eigenvalue weighted by atomic mass is 10.2. The van der Waals surface area contributed by atoms with Crippen LogP contribution in [-0.2, 0) is 6.54 Å². The number of halogens is 1. The van der Waals surface area contributed by atoms with Gasteiger partial charge in [0.2, 0.25) is 0 Å². The molecule has 0 radical (unpaired) electrons. The summed E-state index contributed by atoms with van der Waals surface area (Å²) in [5, 5.41) is 2.60. The average molecular weight is 225 g/mol. The van der Waals surface area contributed by atoms with Crippen LogP contribution in [0.2, 0.25) is 5.02 Å². The highest BCUT2D eigenvalue weighted by molar-refractivity contribution is 6.30. The van der Waals surface area contributed by atoms with E-state index >= 15 is 0 Å². The molecule has 0 aliphatic carbocycles. The molecular formula is C10H13ClN4. The zero-order valence-corrected chi connectivity index (χ0v) is 8.91. The highest BCUT2D eigenvalue weighted by Crippen LogP contribution is 2.13. The molecule has 0 saturated heterocycles. The van der Waals surface area contributed by atoms with Crippen LogP contribution in [0.25, 0.3) is 0 Å². The van der Waals surface area contributed by atoms with E-state index in [9.17, 15) is 0 Å². The number of nitrogens with one attached hydrogen (secondary N) is 1.